The number of hydrogen-bond donors (Lipinski definition) is 1. The predicted octanol–water partition coefficient (Wildman–Crippen LogP) is 1.65. The van der Waals surface area contributed by atoms with Gasteiger partial charge in [-0.05, 0) is 51.6 Å². The van der Waals surface area contributed by atoms with Crippen LogP contribution >= 0.6 is 0 Å². The topological polar surface area (TPSA) is 41.6 Å². The van der Waals surface area contributed by atoms with E-state index in [1.165, 1.54) is 12.8 Å². The van der Waals surface area contributed by atoms with Gasteiger partial charge in [0.2, 0.25) is 5.91 Å². The Labute approximate surface area is 116 Å². The largest absolute Gasteiger partial charge is 0.372 e. The van der Waals surface area contributed by atoms with Crippen LogP contribution in [0.4, 0.5) is 0 Å². The number of nitrogens with zero attached hydrogens (tertiary/aromatic N) is 1. The van der Waals surface area contributed by atoms with Crippen LogP contribution in [0.1, 0.15) is 40.0 Å². The Bertz CT molecular complexity index is 311. The van der Waals surface area contributed by atoms with Crippen LogP contribution in [-0.2, 0) is 9.53 Å². The van der Waals surface area contributed by atoms with Gasteiger partial charge in [0.05, 0.1) is 12.2 Å². The van der Waals surface area contributed by atoms with Gasteiger partial charge in [0.1, 0.15) is 0 Å². The molecule has 2 saturated heterocycles. The molecule has 1 amide bonds. The van der Waals surface area contributed by atoms with E-state index in [4.69, 9.17) is 4.74 Å². The standard InChI is InChI=1S/C15H28N2O2/c1-12(13-5-4-6-16-10-13)9-14(18)17-7-8-19-15(2,3)11-17/h12-13,16H,4-11H2,1-3H3. The summed E-state index contributed by atoms with van der Waals surface area (Å²) in [6.45, 7) is 10.7. The Kier molecular flexibility index (Phi) is 4.85. The second-order valence-electron chi connectivity index (χ2n) is 6.71. The minimum atomic E-state index is -0.191. The monoisotopic (exact) mass is 268 g/mol. The summed E-state index contributed by atoms with van der Waals surface area (Å²) in [6.07, 6.45) is 3.19. The van der Waals surface area contributed by atoms with Crippen LogP contribution in [-0.4, -0.2) is 49.2 Å². The van der Waals surface area contributed by atoms with Crippen molar-refractivity contribution in [2.24, 2.45) is 11.8 Å². The van der Waals surface area contributed by atoms with Crippen molar-refractivity contribution in [2.45, 2.75) is 45.6 Å². The van der Waals surface area contributed by atoms with Crippen LogP contribution in [0.2, 0.25) is 0 Å². The highest BCUT2D eigenvalue weighted by atomic mass is 16.5. The fraction of sp³-hybridized carbons (Fsp3) is 0.933. The summed E-state index contributed by atoms with van der Waals surface area (Å²) < 4.78 is 5.66. The molecule has 2 atom stereocenters. The van der Waals surface area contributed by atoms with Crippen molar-refractivity contribution in [2.75, 3.05) is 32.8 Å². The molecule has 0 spiro atoms. The van der Waals surface area contributed by atoms with E-state index in [1.54, 1.807) is 0 Å². The molecular formula is C15H28N2O2. The molecule has 0 aromatic heterocycles. The SMILES string of the molecule is CC(CC(=O)N1CCOC(C)(C)C1)C1CCCNC1. The second-order valence-corrected chi connectivity index (χ2v) is 6.71. The maximum Gasteiger partial charge on any atom is 0.223 e. The van der Waals surface area contributed by atoms with E-state index in [2.05, 4.69) is 26.1 Å². The van der Waals surface area contributed by atoms with Gasteiger partial charge in [-0.1, -0.05) is 6.92 Å². The summed E-state index contributed by atoms with van der Waals surface area (Å²) >= 11 is 0. The van der Waals surface area contributed by atoms with Crippen LogP contribution in [0.3, 0.4) is 0 Å². The van der Waals surface area contributed by atoms with Crippen LogP contribution in [0.5, 0.6) is 0 Å². The highest BCUT2D eigenvalue weighted by Gasteiger charge is 2.31. The number of carbonyl (C=O) groups is 1. The van der Waals surface area contributed by atoms with Crippen molar-refractivity contribution in [1.82, 2.24) is 10.2 Å². The number of rotatable bonds is 3. The minimum absolute atomic E-state index is 0.191. The first kappa shape index (κ1) is 14.8. The van der Waals surface area contributed by atoms with E-state index in [9.17, 15) is 4.79 Å². The highest BCUT2D eigenvalue weighted by Crippen LogP contribution is 2.24. The smallest absolute Gasteiger partial charge is 0.223 e. The third kappa shape index (κ3) is 4.18. The van der Waals surface area contributed by atoms with Crippen molar-refractivity contribution in [3.8, 4) is 0 Å². The molecular weight excluding hydrogens is 240 g/mol. The molecule has 1 N–H and O–H groups in total. The molecule has 4 nitrogen and oxygen atoms in total. The number of amides is 1. The average Bonchev–Trinajstić information content (AvgIpc) is 2.38. The number of hydrogen-bond acceptors (Lipinski definition) is 3. The van der Waals surface area contributed by atoms with Crippen molar-refractivity contribution in [3.63, 3.8) is 0 Å². The molecule has 0 aliphatic carbocycles. The molecule has 0 aromatic carbocycles. The molecule has 2 aliphatic rings. The molecule has 110 valence electrons. The molecule has 4 heteroatoms. The summed E-state index contributed by atoms with van der Waals surface area (Å²) in [7, 11) is 0. The third-order valence-electron chi connectivity index (χ3n) is 4.41. The number of nitrogens with one attached hydrogen (secondary N) is 1. The zero-order chi connectivity index (χ0) is 13.9. The van der Waals surface area contributed by atoms with Crippen LogP contribution in [0, 0.1) is 11.8 Å². The molecule has 0 radical (unpaired) electrons. The van der Waals surface area contributed by atoms with Crippen molar-refractivity contribution < 1.29 is 9.53 Å². The summed E-state index contributed by atoms with van der Waals surface area (Å²) in [4.78, 5) is 14.4. The van der Waals surface area contributed by atoms with Gasteiger partial charge < -0.3 is 15.0 Å². The first-order valence-electron chi connectivity index (χ1n) is 7.60. The van der Waals surface area contributed by atoms with Gasteiger partial charge in [0.25, 0.3) is 0 Å². The molecule has 0 bridgehead atoms. The number of morpholine rings is 1. The molecule has 0 aromatic rings. The molecule has 0 saturated carbocycles. The normalized spacial score (nSPS) is 29.0. The lowest BCUT2D eigenvalue weighted by Crippen LogP contribution is -2.51. The van der Waals surface area contributed by atoms with Crippen molar-refractivity contribution in [3.05, 3.63) is 0 Å². The number of ether oxygens (including phenoxy) is 1. The maximum atomic E-state index is 12.4. The molecule has 2 fully saturated rings. The van der Waals surface area contributed by atoms with Gasteiger partial charge in [-0.3, -0.25) is 4.79 Å². The maximum absolute atomic E-state index is 12.4. The van der Waals surface area contributed by atoms with Crippen molar-refractivity contribution >= 4 is 5.91 Å². The Hall–Kier alpha value is -0.610. The van der Waals surface area contributed by atoms with Gasteiger partial charge in [-0.25, -0.2) is 0 Å². The number of carbonyl (C=O) groups excluding carboxylic acids is 1. The quantitative estimate of drug-likeness (QED) is 0.846. The molecule has 19 heavy (non-hydrogen) atoms. The summed E-state index contributed by atoms with van der Waals surface area (Å²) in [5.74, 6) is 1.44. The predicted molar refractivity (Wildman–Crippen MR) is 76.0 cm³/mol. The summed E-state index contributed by atoms with van der Waals surface area (Å²) in [5.41, 5.74) is -0.191. The first-order chi connectivity index (χ1) is 8.98. The van der Waals surface area contributed by atoms with E-state index < -0.39 is 0 Å². The minimum Gasteiger partial charge on any atom is -0.372 e. The van der Waals surface area contributed by atoms with E-state index in [1.807, 2.05) is 4.90 Å². The first-order valence-corrected chi connectivity index (χ1v) is 7.60. The Morgan fingerprint density at radius 3 is 2.95 bits per heavy atom. The van der Waals surface area contributed by atoms with Crippen LogP contribution in [0.15, 0.2) is 0 Å². The zero-order valence-corrected chi connectivity index (χ0v) is 12.6. The zero-order valence-electron chi connectivity index (χ0n) is 12.6. The lowest BCUT2D eigenvalue weighted by molar-refractivity contribution is -0.147. The Balaban J connectivity index is 1.82. The van der Waals surface area contributed by atoms with Gasteiger partial charge >= 0.3 is 0 Å². The molecule has 2 heterocycles. The Morgan fingerprint density at radius 2 is 2.32 bits per heavy atom. The fourth-order valence-electron chi connectivity index (χ4n) is 3.17. The summed E-state index contributed by atoms with van der Waals surface area (Å²) in [6, 6.07) is 0. The average molecular weight is 268 g/mol. The second kappa shape index (κ2) is 6.23. The van der Waals surface area contributed by atoms with E-state index in [-0.39, 0.29) is 5.60 Å². The molecule has 2 rings (SSSR count). The van der Waals surface area contributed by atoms with Gasteiger partial charge in [0.15, 0.2) is 0 Å². The highest BCUT2D eigenvalue weighted by molar-refractivity contribution is 5.76. The molecule has 2 aliphatic heterocycles. The third-order valence-corrected chi connectivity index (χ3v) is 4.41. The van der Waals surface area contributed by atoms with E-state index >= 15 is 0 Å². The van der Waals surface area contributed by atoms with Gasteiger partial charge in [-0.15, -0.1) is 0 Å². The van der Waals surface area contributed by atoms with Gasteiger partial charge in [-0.2, -0.15) is 0 Å². The number of piperidine rings is 1. The fourth-order valence-corrected chi connectivity index (χ4v) is 3.17. The molecule has 2 unspecified atom stereocenters. The van der Waals surface area contributed by atoms with Crippen molar-refractivity contribution in [1.29, 1.82) is 0 Å². The lowest BCUT2D eigenvalue weighted by Gasteiger charge is -2.39. The lowest BCUT2D eigenvalue weighted by atomic mass is 9.85. The van der Waals surface area contributed by atoms with Crippen LogP contribution in [0.25, 0.3) is 0 Å². The van der Waals surface area contributed by atoms with E-state index in [0.29, 0.717) is 30.8 Å². The van der Waals surface area contributed by atoms with Gasteiger partial charge in [0, 0.05) is 19.5 Å². The summed E-state index contributed by atoms with van der Waals surface area (Å²) in [5, 5.41) is 3.44. The van der Waals surface area contributed by atoms with Crippen LogP contribution < -0.4 is 5.32 Å². The Morgan fingerprint density at radius 1 is 1.53 bits per heavy atom. The van der Waals surface area contributed by atoms with E-state index in [0.717, 1.165) is 26.2 Å².